The Morgan fingerprint density at radius 3 is 3.00 bits per heavy atom. The highest BCUT2D eigenvalue weighted by Crippen LogP contribution is 2.20. The van der Waals surface area contributed by atoms with Crippen LogP contribution in [0.4, 0.5) is 0 Å². The molecular formula is C10H18N2O2S. The van der Waals surface area contributed by atoms with Gasteiger partial charge in [0.05, 0.1) is 6.61 Å². The standard InChI is InChI=1S/C10H18N2O2S/c11-10(2-5-14-8-10)9(13)12-3-1-6-15-7-4-12/h1-8,11H2. The first-order chi connectivity index (χ1) is 7.22. The van der Waals surface area contributed by atoms with Gasteiger partial charge in [-0.1, -0.05) is 0 Å². The van der Waals surface area contributed by atoms with Crippen molar-refractivity contribution in [3.8, 4) is 0 Å². The second-order valence-corrected chi connectivity index (χ2v) is 5.44. The number of hydrogen-bond donors (Lipinski definition) is 1. The lowest BCUT2D eigenvalue weighted by Crippen LogP contribution is -2.56. The van der Waals surface area contributed by atoms with Crippen molar-refractivity contribution in [3.63, 3.8) is 0 Å². The summed E-state index contributed by atoms with van der Waals surface area (Å²) in [5.41, 5.74) is 5.32. The molecule has 2 fully saturated rings. The van der Waals surface area contributed by atoms with Crippen LogP contribution in [0.5, 0.6) is 0 Å². The van der Waals surface area contributed by atoms with Gasteiger partial charge >= 0.3 is 0 Å². The van der Waals surface area contributed by atoms with Gasteiger partial charge in [0.25, 0.3) is 0 Å². The Balaban J connectivity index is 1.98. The van der Waals surface area contributed by atoms with E-state index in [1.807, 2.05) is 16.7 Å². The monoisotopic (exact) mass is 230 g/mol. The summed E-state index contributed by atoms with van der Waals surface area (Å²) in [6, 6.07) is 0. The van der Waals surface area contributed by atoms with Gasteiger partial charge in [-0.2, -0.15) is 11.8 Å². The smallest absolute Gasteiger partial charge is 0.245 e. The van der Waals surface area contributed by atoms with Crippen molar-refractivity contribution in [2.45, 2.75) is 18.4 Å². The number of nitrogens with zero attached hydrogens (tertiary/aromatic N) is 1. The van der Waals surface area contributed by atoms with Crippen LogP contribution < -0.4 is 5.73 Å². The average molecular weight is 230 g/mol. The lowest BCUT2D eigenvalue weighted by Gasteiger charge is -2.29. The van der Waals surface area contributed by atoms with Crippen molar-refractivity contribution in [1.29, 1.82) is 0 Å². The van der Waals surface area contributed by atoms with Crippen LogP contribution in [0.25, 0.3) is 0 Å². The van der Waals surface area contributed by atoms with Crippen LogP contribution in [0.15, 0.2) is 0 Å². The van der Waals surface area contributed by atoms with Gasteiger partial charge in [-0.25, -0.2) is 0 Å². The highest BCUT2D eigenvalue weighted by atomic mass is 32.2. The predicted molar refractivity (Wildman–Crippen MR) is 60.9 cm³/mol. The lowest BCUT2D eigenvalue weighted by atomic mass is 9.98. The molecule has 0 saturated carbocycles. The van der Waals surface area contributed by atoms with Crippen molar-refractivity contribution in [2.24, 2.45) is 5.73 Å². The molecule has 2 N–H and O–H groups in total. The third-order valence-corrected chi connectivity index (χ3v) is 4.04. The molecule has 4 nitrogen and oxygen atoms in total. The van der Waals surface area contributed by atoms with E-state index in [0.717, 1.165) is 31.0 Å². The molecule has 2 aliphatic heterocycles. The van der Waals surface area contributed by atoms with E-state index in [9.17, 15) is 4.79 Å². The van der Waals surface area contributed by atoms with Crippen LogP contribution in [-0.4, -0.2) is 54.2 Å². The third kappa shape index (κ3) is 2.46. The molecule has 2 heterocycles. The van der Waals surface area contributed by atoms with Gasteiger partial charge in [0, 0.05) is 25.4 Å². The van der Waals surface area contributed by atoms with E-state index in [2.05, 4.69) is 0 Å². The molecule has 2 saturated heterocycles. The summed E-state index contributed by atoms with van der Waals surface area (Å²) in [4.78, 5) is 14.1. The highest BCUT2D eigenvalue weighted by molar-refractivity contribution is 7.99. The first-order valence-corrected chi connectivity index (χ1v) is 6.62. The number of rotatable bonds is 1. The van der Waals surface area contributed by atoms with Crippen molar-refractivity contribution in [3.05, 3.63) is 0 Å². The molecule has 2 rings (SSSR count). The maximum atomic E-state index is 12.2. The first kappa shape index (κ1) is 11.2. The number of carbonyl (C=O) groups is 1. The van der Waals surface area contributed by atoms with Crippen LogP contribution in [0.2, 0.25) is 0 Å². The summed E-state index contributed by atoms with van der Waals surface area (Å²) in [5, 5.41) is 0. The summed E-state index contributed by atoms with van der Waals surface area (Å²) in [7, 11) is 0. The van der Waals surface area contributed by atoms with Crippen molar-refractivity contribution in [1.82, 2.24) is 4.90 Å². The molecule has 0 aliphatic carbocycles. The molecule has 0 radical (unpaired) electrons. The van der Waals surface area contributed by atoms with E-state index in [1.165, 1.54) is 0 Å². The van der Waals surface area contributed by atoms with E-state index in [4.69, 9.17) is 10.5 Å². The minimum atomic E-state index is -0.741. The van der Waals surface area contributed by atoms with Gasteiger partial charge < -0.3 is 15.4 Å². The normalized spacial score (nSPS) is 32.7. The second kappa shape index (κ2) is 4.72. The molecule has 1 unspecified atom stereocenters. The fourth-order valence-electron chi connectivity index (χ4n) is 2.01. The molecule has 0 aromatic carbocycles. The fourth-order valence-corrected chi connectivity index (χ4v) is 2.90. The van der Waals surface area contributed by atoms with Crippen LogP contribution in [0, 0.1) is 0 Å². The molecule has 0 bridgehead atoms. The molecular weight excluding hydrogens is 212 g/mol. The first-order valence-electron chi connectivity index (χ1n) is 5.46. The van der Waals surface area contributed by atoms with Gasteiger partial charge in [0.2, 0.25) is 5.91 Å². The lowest BCUT2D eigenvalue weighted by molar-refractivity contribution is -0.136. The summed E-state index contributed by atoms with van der Waals surface area (Å²) in [5.74, 6) is 2.27. The van der Waals surface area contributed by atoms with Crippen LogP contribution in [-0.2, 0) is 9.53 Å². The Kier molecular flexibility index (Phi) is 3.53. The number of ether oxygens (including phenoxy) is 1. The Bertz CT molecular complexity index is 234. The molecule has 1 atom stereocenters. The largest absolute Gasteiger partial charge is 0.379 e. The Hall–Kier alpha value is -0.260. The highest BCUT2D eigenvalue weighted by Gasteiger charge is 2.40. The molecule has 0 aromatic rings. The van der Waals surface area contributed by atoms with Crippen LogP contribution >= 0.6 is 11.8 Å². The van der Waals surface area contributed by atoms with Gasteiger partial charge in [0.1, 0.15) is 5.54 Å². The molecule has 2 aliphatic rings. The number of nitrogens with two attached hydrogens (primary N) is 1. The van der Waals surface area contributed by atoms with Crippen molar-refractivity contribution in [2.75, 3.05) is 37.8 Å². The number of amides is 1. The molecule has 1 amide bonds. The van der Waals surface area contributed by atoms with Gasteiger partial charge in [-0.05, 0) is 18.6 Å². The Labute approximate surface area is 94.5 Å². The Morgan fingerprint density at radius 2 is 2.27 bits per heavy atom. The molecule has 86 valence electrons. The molecule has 5 heteroatoms. The molecule has 15 heavy (non-hydrogen) atoms. The average Bonchev–Trinajstić information content (AvgIpc) is 2.54. The quantitative estimate of drug-likeness (QED) is 0.692. The van der Waals surface area contributed by atoms with Gasteiger partial charge in [0.15, 0.2) is 0 Å². The van der Waals surface area contributed by atoms with Crippen molar-refractivity contribution < 1.29 is 9.53 Å². The molecule has 0 aromatic heterocycles. The SMILES string of the molecule is NC1(C(=O)N2CCCSCC2)CCOC1. The number of thioether (sulfide) groups is 1. The van der Waals surface area contributed by atoms with E-state index in [-0.39, 0.29) is 5.91 Å². The summed E-state index contributed by atoms with van der Waals surface area (Å²) in [6.07, 6.45) is 1.74. The minimum absolute atomic E-state index is 0.0856. The maximum Gasteiger partial charge on any atom is 0.245 e. The van der Waals surface area contributed by atoms with E-state index in [1.54, 1.807) is 0 Å². The van der Waals surface area contributed by atoms with E-state index < -0.39 is 5.54 Å². The summed E-state index contributed by atoms with van der Waals surface area (Å²) in [6.45, 7) is 2.69. The number of carbonyl (C=O) groups excluding carboxylic acids is 1. The fraction of sp³-hybridized carbons (Fsp3) is 0.900. The van der Waals surface area contributed by atoms with E-state index >= 15 is 0 Å². The van der Waals surface area contributed by atoms with E-state index in [0.29, 0.717) is 19.6 Å². The second-order valence-electron chi connectivity index (χ2n) is 4.22. The van der Waals surface area contributed by atoms with Gasteiger partial charge in [-0.15, -0.1) is 0 Å². The predicted octanol–water partition coefficient (Wildman–Crippen LogP) is 0.0697. The zero-order chi connectivity index (χ0) is 10.7. The molecule has 0 spiro atoms. The number of hydrogen-bond acceptors (Lipinski definition) is 4. The summed E-state index contributed by atoms with van der Waals surface area (Å²) < 4.78 is 5.23. The minimum Gasteiger partial charge on any atom is -0.379 e. The van der Waals surface area contributed by atoms with Crippen LogP contribution in [0.3, 0.4) is 0 Å². The zero-order valence-electron chi connectivity index (χ0n) is 8.91. The third-order valence-electron chi connectivity index (χ3n) is 2.99. The Morgan fingerprint density at radius 1 is 1.40 bits per heavy atom. The van der Waals surface area contributed by atoms with Crippen molar-refractivity contribution >= 4 is 17.7 Å². The summed E-state index contributed by atoms with van der Waals surface area (Å²) >= 11 is 1.91. The van der Waals surface area contributed by atoms with Crippen LogP contribution in [0.1, 0.15) is 12.8 Å². The zero-order valence-corrected chi connectivity index (χ0v) is 9.72. The maximum absolute atomic E-state index is 12.2. The van der Waals surface area contributed by atoms with Gasteiger partial charge in [-0.3, -0.25) is 4.79 Å². The topological polar surface area (TPSA) is 55.6 Å².